The fourth-order valence-electron chi connectivity index (χ4n) is 1.55. The maximum Gasteiger partial charge on any atom is 0.169 e. The molecule has 2 rings (SSSR count). The molecule has 0 bridgehead atoms. The maximum absolute atomic E-state index is 5.40. The standard InChI is InChI=1S/C10H14BrNO2/c1-10(4-5-13-7-10)12-6-8-2-3-9(11)14-8/h2-3,12H,4-7H2,1H3. The third kappa shape index (κ3) is 2.38. The van der Waals surface area contributed by atoms with Gasteiger partial charge in [0, 0.05) is 12.1 Å². The summed E-state index contributed by atoms with van der Waals surface area (Å²) >= 11 is 3.28. The highest BCUT2D eigenvalue weighted by molar-refractivity contribution is 9.10. The van der Waals surface area contributed by atoms with Crippen LogP contribution in [0.3, 0.4) is 0 Å². The SMILES string of the molecule is CC1(NCc2ccc(Br)o2)CCOC1. The van der Waals surface area contributed by atoms with E-state index in [4.69, 9.17) is 9.15 Å². The Hall–Kier alpha value is -0.320. The van der Waals surface area contributed by atoms with Gasteiger partial charge in [0.05, 0.1) is 13.2 Å². The summed E-state index contributed by atoms with van der Waals surface area (Å²) in [5.41, 5.74) is 0.110. The van der Waals surface area contributed by atoms with Gasteiger partial charge in [0.1, 0.15) is 5.76 Å². The summed E-state index contributed by atoms with van der Waals surface area (Å²) in [5.74, 6) is 0.949. The maximum atomic E-state index is 5.40. The van der Waals surface area contributed by atoms with Crippen molar-refractivity contribution in [2.24, 2.45) is 0 Å². The first-order valence-corrected chi connectivity index (χ1v) is 5.54. The zero-order valence-corrected chi connectivity index (χ0v) is 9.76. The summed E-state index contributed by atoms with van der Waals surface area (Å²) < 4.78 is 11.5. The number of halogens is 1. The first-order chi connectivity index (χ1) is 6.68. The smallest absolute Gasteiger partial charge is 0.169 e. The van der Waals surface area contributed by atoms with Crippen LogP contribution in [0, 0.1) is 0 Å². The largest absolute Gasteiger partial charge is 0.453 e. The molecule has 0 aromatic carbocycles. The average Bonchev–Trinajstić information content (AvgIpc) is 2.73. The van der Waals surface area contributed by atoms with Crippen molar-refractivity contribution in [1.29, 1.82) is 0 Å². The van der Waals surface area contributed by atoms with Gasteiger partial charge >= 0.3 is 0 Å². The van der Waals surface area contributed by atoms with E-state index >= 15 is 0 Å². The lowest BCUT2D eigenvalue weighted by Crippen LogP contribution is -2.42. The molecular weight excluding hydrogens is 246 g/mol. The number of hydrogen-bond acceptors (Lipinski definition) is 3. The molecule has 0 amide bonds. The molecule has 1 atom stereocenters. The molecule has 1 saturated heterocycles. The van der Waals surface area contributed by atoms with Crippen LogP contribution in [0.15, 0.2) is 21.2 Å². The second-order valence-electron chi connectivity index (χ2n) is 3.92. The van der Waals surface area contributed by atoms with Gasteiger partial charge in [0.2, 0.25) is 0 Å². The van der Waals surface area contributed by atoms with Gasteiger partial charge in [-0.1, -0.05) is 0 Å². The molecule has 78 valence electrons. The van der Waals surface area contributed by atoms with Gasteiger partial charge in [-0.2, -0.15) is 0 Å². The van der Waals surface area contributed by atoms with E-state index < -0.39 is 0 Å². The van der Waals surface area contributed by atoms with Crippen molar-refractivity contribution < 1.29 is 9.15 Å². The van der Waals surface area contributed by atoms with E-state index in [2.05, 4.69) is 28.2 Å². The van der Waals surface area contributed by atoms with Crippen LogP contribution in [0.1, 0.15) is 19.1 Å². The Kier molecular flexibility index (Phi) is 2.95. The highest BCUT2D eigenvalue weighted by Gasteiger charge is 2.28. The molecule has 14 heavy (non-hydrogen) atoms. The summed E-state index contributed by atoms with van der Waals surface area (Å²) in [6.45, 7) is 4.57. The zero-order valence-electron chi connectivity index (χ0n) is 8.18. The van der Waals surface area contributed by atoms with Gasteiger partial charge in [0.15, 0.2) is 4.67 Å². The van der Waals surface area contributed by atoms with Gasteiger partial charge in [-0.05, 0) is 41.4 Å². The van der Waals surface area contributed by atoms with Crippen LogP contribution in [0.25, 0.3) is 0 Å². The van der Waals surface area contributed by atoms with Crippen molar-refractivity contribution in [1.82, 2.24) is 5.32 Å². The van der Waals surface area contributed by atoms with Crippen LogP contribution in [-0.4, -0.2) is 18.8 Å². The molecule has 0 aliphatic carbocycles. The predicted octanol–water partition coefficient (Wildman–Crippen LogP) is 2.31. The Balaban J connectivity index is 1.87. The lowest BCUT2D eigenvalue weighted by molar-refractivity contribution is 0.170. The van der Waals surface area contributed by atoms with Crippen molar-refractivity contribution in [3.63, 3.8) is 0 Å². The van der Waals surface area contributed by atoms with E-state index in [0.29, 0.717) is 0 Å². The number of rotatable bonds is 3. The summed E-state index contributed by atoms with van der Waals surface area (Å²) in [6.07, 6.45) is 1.06. The third-order valence-electron chi connectivity index (χ3n) is 2.54. The van der Waals surface area contributed by atoms with Crippen LogP contribution in [0.4, 0.5) is 0 Å². The van der Waals surface area contributed by atoms with Crippen LogP contribution in [0.2, 0.25) is 0 Å². The fourth-order valence-corrected chi connectivity index (χ4v) is 1.89. The molecule has 1 aromatic rings. The molecule has 1 N–H and O–H groups in total. The molecule has 4 heteroatoms. The van der Waals surface area contributed by atoms with Crippen molar-refractivity contribution in [2.75, 3.05) is 13.2 Å². The zero-order chi connectivity index (χ0) is 10.0. The van der Waals surface area contributed by atoms with Crippen LogP contribution in [-0.2, 0) is 11.3 Å². The minimum atomic E-state index is 0.110. The summed E-state index contributed by atoms with van der Waals surface area (Å²) in [6, 6.07) is 3.88. The van der Waals surface area contributed by atoms with E-state index in [1.54, 1.807) is 0 Å². The van der Waals surface area contributed by atoms with Crippen molar-refractivity contribution >= 4 is 15.9 Å². The minimum absolute atomic E-state index is 0.110. The highest BCUT2D eigenvalue weighted by atomic mass is 79.9. The van der Waals surface area contributed by atoms with E-state index in [9.17, 15) is 0 Å². The van der Waals surface area contributed by atoms with Crippen molar-refractivity contribution in [2.45, 2.75) is 25.4 Å². The van der Waals surface area contributed by atoms with Crippen LogP contribution >= 0.6 is 15.9 Å². The van der Waals surface area contributed by atoms with Gasteiger partial charge in [0.25, 0.3) is 0 Å². The molecule has 2 heterocycles. The van der Waals surface area contributed by atoms with Crippen molar-refractivity contribution in [3.8, 4) is 0 Å². The normalized spacial score (nSPS) is 27.0. The number of ether oxygens (including phenoxy) is 1. The molecule has 1 aliphatic rings. The number of furan rings is 1. The van der Waals surface area contributed by atoms with E-state index in [0.717, 1.165) is 36.6 Å². The van der Waals surface area contributed by atoms with E-state index in [1.807, 2.05) is 12.1 Å². The number of nitrogens with one attached hydrogen (secondary N) is 1. The van der Waals surface area contributed by atoms with E-state index in [-0.39, 0.29) is 5.54 Å². The Morgan fingerprint density at radius 2 is 2.43 bits per heavy atom. The van der Waals surface area contributed by atoms with E-state index in [1.165, 1.54) is 0 Å². The Labute approximate surface area is 91.9 Å². The molecular formula is C10H14BrNO2. The quantitative estimate of drug-likeness (QED) is 0.905. The summed E-state index contributed by atoms with van der Waals surface area (Å²) in [4.78, 5) is 0. The second-order valence-corrected chi connectivity index (χ2v) is 4.70. The number of hydrogen-bond donors (Lipinski definition) is 1. The monoisotopic (exact) mass is 259 g/mol. The van der Waals surface area contributed by atoms with Gasteiger partial charge in [-0.15, -0.1) is 0 Å². The predicted molar refractivity (Wildman–Crippen MR) is 57.1 cm³/mol. The van der Waals surface area contributed by atoms with Crippen LogP contribution < -0.4 is 5.32 Å². The Morgan fingerprint density at radius 1 is 1.57 bits per heavy atom. The molecule has 1 unspecified atom stereocenters. The first-order valence-electron chi connectivity index (χ1n) is 4.75. The summed E-state index contributed by atoms with van der Waals surface area (Å²) in [5, 5.41) is 3.45. The highest BCUT2D eigenvalue weighted by Crippen LogP contribution is 2.19. The molecule has 1 aliphatic heterocycles. The van der Waals surface area contributed by atoms with Crippen molar-refractivity contribution in [3.05, 3.63) is 22.6 Å². The lowest BCUT2D eigenvalue weighted by atomic mass is 10.0. The Bertz CT molecular complexity index is 305. The molecule has 3 nitrogen and oxygen atoms in total. The molecule has 1 aromatic heterocycles. The Morgan fingerprint density at radius 3 is 3.00 bits per heavy atom. The average molecular weight is 260 g/mol. The molecule has 0 spiro atoms. The minimum Gasteiger partial charge on any atom is -0.453 e. The topological polar surface area (TPSA) is 34.4 Å². The second kappa shape index (κ2) is 4.04. The summed E-state index contributed by atoms with van der Waals surface area (Å²) in [7, 11) is 0. The van der Waals surface area contributed by atoms with Gasteiger partial charge in [-0.25, -0.2) is 0 Å². The fraction of sp³-hybridized carbons (Fsp3) is 0.600. The van der Waals surface area contributed by atoms with Gasteiger partial charge in [-0.3, -0.25) is 0 Å². The third-order valence-corrected chi connectivity index (χ3v) is 2.96. The molecule has 1 fully saturated rings. The van der Waals surface area contributed by atoms with Crippen LogP contribution in [0.5, 0.6) is 0 Å². The lowest BCUT2D eigenvalue weighted by Gasteiger charge is -2.22. The molecule has 0 saturated carbocycles. The van der Waals surface area contributed by atoms with Gasteiger partial charge < -0.3 is 14.5 Å². The first kappa shape index (κ1) is 10.2. The molecule has 0 radical (unpaired) electrons.